The molecular formula is C28H31ClFN5O2. The number of nitrogens with zero attached hydrogens (tertiary/aromatic N) is 5. The van der Waals surface area contributed by atoms with Gasteiger partial charge < -0.3 is 19.8 Å². The smallest absolute Gasteiger partial charge is 0.337 e. The summed E-state index contributed by atoms with van der Waals surface area (Å²) in [7, 11) is 0. The Kier molecular flexibility index (Phi) is 6.94. The van der Waals surface area contributed by atoms with Crippen LogP contribution in [0.2, 0.25) is 5.02 Å². The zero-order chi connectivity index (χ0) is 26.3. The fourth-order valence-electron chi connectivity index (χ4n) is 5.44. The van der Waals surface area contributed by atoms with E-state index in [4.69, 9.17) is 16.6 Å². The van der Waals surface area contributed by atoms with Gasteiger partial charge in [-0.15, -0.1) is 0 Å². The highest BCUT2D eigenvalue weighted by molar-refractivity contribution is 6.31. The van der Waals surface area contributed by atoms with Crippen molar-refractivity contribution in [3.05, 3.63) is 64.6 Å². The number of carboxylic acids is 1. The molecule has 0 radical (unpaired) electrons. The van der Waals surface area contributed by atoms with Gasteiger partial charge in [-0.2, -0.15) is 0 Å². The van der Waals surface area contributed by atoms with E-state index in [9.17, 15) is 14.3 Å². The molecule has 1 aromatic carbocycles. The second kappa shape index (κ2) is 10.2. The summed E-state index contributed by atoms with van der Waals surface area (Å²) in [6, 6.07) is 11.2. The summed E-state index contributed by atoms with van der Waals surface area (Å²) in [6.45, 7) is 9.53. The highest BCUT2D eigenvalue weighted by Crippen LogP contribution is 2.34. The SMILES string of the molecule is Cc1cc(C(=O)O)cnc1N1CCN(c2cc(-c3ccc(F)c(Cl)c3)nc(N3CCC[C@H]3C)c2)[C@H](C)C1. The van der Waals surface area contributed by atoms with E-state index in [-0.39, 0.29) is 16.6 Å². The van der Waals surface area contributed by atoms with E-state index >= 15 is 0 Å². The van der Waals surface area contributed by atoms with Gasteiger partial charge in [-0.3, -0.25) is 0 Å². The third-order valence-corrected chi connectivity index (χ3v) is 7.71. The molecule has 2 aromatic heterocycles. The zero-order valence-corrected chi connectivity index (χ0v) is 22.0. The lowest BCUT2D eigenvalue weighted by Crippen LogP contribution is -2.52. The summed E-state index contributed by atoms with van der Waals surface area (Å²) in [5.74, 6) is 0.327. The van der Waals surface area contributed by atoms with Crippen LogP contribution in [0.25, 0.3) is 11.3 Å². The van der Waals surface area contributed by atoms with E-state index in [1.807, 2.05) is 6.92 Å². The van der Waals surface area contributed by atoms with Gasteiger partial charge in [0.1, 0.15) is 17.5 Å². The fraction of sp³-hybridized carbons (Fsp3) is 0.393. The molecule has 9 heteroatoms. The monoisotopic (exact) mass is 523 g/mol. The summed E-state index contributed by atoms with van der Waals surface area (Å²) >= 11 is 6.11. The second-order valence-corrected chi connectivity index (χ2v) is 10.4. The van der Waals surface area contributed by atoms with Crippen LogP contribution in [0.5, 0.6) is 0 Å². The number of hydrogen-bond acceptors (Lipinski definition) is 6. The summed E-state index contributed by atoms with van der Waals surface area (Å²) in [5, 5.41) is 9.35. The van der Waals surface area contributed by atoms with E-state index in [2.05, 4.69) is 45.7 Å². The molecule has 2 atom stereocenters. The Hall–Kier alpha value is -3.39. The molecule has 0 unspecified atom stereocenters. The molecule has 2 aliphatic rings. The van der Waals surface area contributed by atoms with E-state index in [0.717, 1.165) is 73.2 Å². The van der Waals surface area contributed by atoms with Crippen molar-refractivity contribution in [2.75, 3.05) is 40.9 Å². The van der Waals surface area contributed by atoms with Crippen molar-refractivity contribution in [1.82, 2.24) is 9.97 Å². The van der Waals surface area contributed by atoms with Gasteiger partial charge in [0, 0.05) is 61.8 Å². The number of anilines is 3. The van der Waals surface area contributed by atoms with E-state index in [1.54, 1.807) is 18.2 Å². The van der Waals surface area contributed by atoms with Crippen molar-refractivity contribution in [1.29, 1.82) is 0 Å². The number of pyridine rings is 2. The minimum absolute atomic E-state index is 0.0829. The molecule has 194 valence electrons. The van der Waals surface area contributed by atoms with Crippen molar-refractivity contribution in [3.8, 4) is 11.3 Å². The maximum absolute atomic E-state index is 13.9. The first-order chi connectivity index (χ1) is 17.7. The fourth-order valence-corrected chi connectivity index (χ4v) is 5.62. The van der Waals surface area contributed by atoms with Crippen LogP contribution in [-0.4, -0.2) is 59.3 Å². The number of aromatic nitrogens is 2. The first-order valence-corrected chi connectivity index (χ1v) is 13.0. The predicted molar refractivity (Wildman–Crippen MR) is 146 cm³/mol. The number of carbonyl (C=O) groups is 1. The van der Waals surface area contributed by atoms with Gasteiger partial charge >= 0.3 is 5.97 Å². The number of hydrogen-bond donors (Lipinski definition) is 1. The topological polar surface area (TPSA) is 72.8 Å². The molecule has 3 aromatic rings. The lowest BCUT2D eigenvalue weighted by atomic mass is 10.1. The Morgan fingerprint density at radius 3 is 2.54 bits per heavy atom. The van der Waals surface area contributed by atoms with Gasteiger partial charge in [-0.25, -0.2) is 19.2 Å². The Labute approximate surface area is 221 Å². The van der Waals surface area contributed by atoms with Crippen LogP contribution in [0.1, 0.15) is 42.6 Å². The Morgan fingerprint density at radius 1 is 1.08 bits per heavy atom. The third-order valence-electron chi connectivity index (χ3n) is 7.42. The number of halogens is 2. The van der Waals surface area contributed by atoms with E-state index in [0.29, 0.717) is 6.04 Å². The van der Waals surface area contributed by atoms with Gasteiger partial charge in [-0.1, -0.05) is 11.6 Å². The maximum Gasteiger partial charge on any atom is 0.337 e. The molecule has 0 aliphatic carbocycles. The lowest BCUT2D eigenvalue weighted by Gasteiger charge is -2.42. The molecule has 0 bridgehead atoms. The molecule has 5 rings (SSSR count). The van der Waals surface area contributed by atoms with Crippen LogP contribution in [0, 0.1) is 12.7 Å². The van der Waals surface area contributed by atoms with Crippen LogP contribution in [0.3, 0.4) is 0 Å². The molecular weight excluding hydrogens is 493 g/mol. The van der Waals surface area contributed by atoms with Crippen LogP contribution >= 0.6 is 11.6 Å². The molecule has 0 spiro atoms. The average molecular weight is 524 g/mol. The second-order valence-electron chi connectivity index (χ2n) is 10.0. The number of aromatic carboxylic acids is 1. The number of piperazine rings is 1. The van der Waals surface area contributed by atoms with Crippen LogP contribution in [0.15, 0.2) is 42.6 Å². The van der Waals surface area contributed by atoms with Gasteiger partial charge in [0.25, 0.3) is 0 Å². The first-order valence-electron chi connectivity index (χ1n) is 12.7. The van der Waals surface area contributed by atoms with Crippen molar-refractivity contribution in [2.45, 2.75) is 45.7 Å². The Balaban J connectivity index is 1.46. The first kappa shape index (κ1) is 25.3. The zero-order valence-electron chi connectivity index (χ0n) is 21.3. The quantitative estimate of drug-likeness (QED) is 0.463. The normalized spacial score (nSPS) is 20.0. The van der Waals surface area contributed by atoms with Gasteiger partial charge in [0.2, 0.25) is 0 Å². The maximum atomic E-state index is 13.9. The summed E-state index contributed by atoms with van der Waals surface area (Å²) in [6.07, 6.45) is 3.69. The van der Waals surface area contributed by atoms with Crippen LogP contribution in [0.4, 0.5) is 21.7 Å². The summed E-state index contributed by atoms with van der Waals surface area (Å²) < 4.78 is 13.9. The number of aryl methyl sites for hydroxylation is 1. The molecule has 37 heavy (non-hydrogen) atoms. The van der Waals surface area contributed by atoms with Gasteiger partial charge in [-0.05, 0) is 69.5 Å². The lowest BCUT2D eigenvalue weighted by molar-refractivity contribution is 0.0696. The molecule has 1 N–H and O–H groups in total. The molecule has 2 fully saturated rings. The molecule has 7 nitrogen and oxygen atoms in total. The Morgan fingerprint density at radius 2 is 1.89 bits per heavy atom. The van der Waals surface area contributed by atoms with E-state index in [1.165, 1.54) is 12.3 Å². The number of rotatable bonds is 5. The van der Waals surface area contributed by atoms with Gasteiger partial charge in [0.05, 0.1) is 16.3 Å². The Bertz CT molecular complexity index is 1340. The van der Waals surface area contributed by atoms with Crippen molar-refractivity contribution in [2.24, 2.45) is 0 Å². The number of benzene rings is 1. The van der Waals surface area contributed by atoms with Gasteiger partial charge in [0.15, 0.2) is 0 Å². The molecule has 2 aliphatic heterocycles. The largest absolute Gasteiger partial charge is 0.478 e. The van der Waals surface area contributed by atoms with Crippen LogP contribution < -0.4 is 14.7 Å². The standard InChI is InChI=1S/C28H31ClFN5O2/c1-17-11-21(28(36)37)15-31-27(17)33-9-10-34(19(3)16-33)22-13-25(20-6-7-24(30)23(29)12-20)32-26(14-22)35-8-4-5-18(35)2/h6-7,11-15,18-19H,4-5,8-10,16H2,1-3H3,(H,36,37)/t18-,19-/m1/s1. The van der Waals surface area contributed by atoms with Crippen molar-refractivity contribution >= 4 is 34.9 Å². The third kappa shape index (κ3) is 5.07. The van der Waals surface area contributed by atoms with Crippen molar-refractivity contribution in [3.63, 3.8) is 0 Å². The highest BCUT2D eigenvalue weighted by Gasteiger charge is 2.28. The predicted octanol–water partition coefficient (Wildman–Crippen LogP) is 5.65. The average Bonchev–Trinajstić information content (AvgIpc) is 3.31. The van der Waals surface area contributed by atoms with Crippen LogP contribution in [-0.2, 0) is 0 Å². The molecule has 0 amide bonds. The molecule has 2 saturated heterocycles. The number of carboxylic acid groups (broad SMARTS) is 1. The summed E-state index contributed by atoms with van der Waals surface area (Å²) in [4.78, 5) is 27.7. The summed E-state index contributed by atoms with van der Waals surface area (Å²) in [5.41, 5.74) is 3.67. The van der Waals surface area contributed by atoms with Crippen molar-refractivity contribution < 1.29 is 14.3 Å². The van der Waals surface area contributed by atoms with E-state index < -0.39 is 11.8 Å². The molecule has 4 heterocycles. The minimum atomic E-state index is -0.973. The molecule has 0 saturated carbocycles. The minimum Gasteiger partial charge on any atom is -0.478 e. The highest BCUT2D eigenvalue weighted by atomic mass is 35.5.